The third-order valence-corrected chi connectivity index (χ3v) is 5.38. The van der Waals surface area contributed by atoms with Gasteiger partial charge in [-0.1, -0.05) is 60.7 Å². The summed E-state index contributed by atoms with van der Waals surface area (Å²) in [6, 6.07) is 20.7. The van der Waals surface area contributed by atoms with E-state index in [4.69, 9.17) is 4.74 Å². The summed E-state index contributed by atoms with van der Waals surface area (Å²) < 4.78 is 5.99. The van der Waals surface area contributed by atoms with Crippen LogP contribution in [-0.2, 0) is 9.53 Å². The van der Waals surface area contributed by atoms with Crippen molar-refractivity contribution in [2.45, 2.75) is 50.8 Å². The van der Waals surface area contributed by atoms with Crippen LogP contribution in [0.15, 0.2) is 60.7 Å². The Bertz CT molecular complexity index is 634. The van der Waals surface area contributed by atoms with Gasteiger partial charge in [-0.3, -0.25) is 4.79 Å². The van der Waals surface area contributed by atoms with Crippen molar-refractivity contribution in [2.75, 3.05) is 7.05 Å². The molecule has 0 aliphatic carbocycles. The SMILES string of the molecule is CC1CC(OC(=O)C(c2ccccc2)c2ccccc2)CC(C)N1C. The first-order valence-corrected chi connectivity index (χ1v) is 9.08. The lowest BCUT2D eigenvalue weighted by Gasteiger charge is -2.40. The number of carbonyl (C=O) groups excluding carboxylic acids is 1. The largest absolute Gasteiger partial charge is 0.462 e. The lowest BCUT2D eigenvalue weighted by Crippen LogP contribution is -2.47. The molecule has 3 nitrogen and oxygen atoms in total. The number of likely N-dealkylation sites (tertiary alicyclic amines) is 1. The number of hydrogen-bond acceptors (Lipinski definition) is 3. The van der Waals surface area contributed by atoms with Crippen LogP contribution in [0.2, 0.25) is 0 Å². The van der Waals surface area contributed by atoms with E-state index in [0.717, 1.165) is 24.0 Å². The molecule has 2 atom stereocenters. The topological polar surface area (TPSA) is 29.5 Å². The van der Waals surface area contributed by atoms with Crippen molar-refractivity contribution in [3.05, 3.63) is 71.8 Å². The average Bonchev–Trinajstić information content (AvgIpc) is 2.61. The molecule has 2 aromatic carbocycles. The summed E-state index contributed by atoms with van der Waals surface area (Å²) in [5.41, 5.74) is 1.96. The molecule has 3 heteroatoms. The molecule has 1 fully saturated rings. The number of esters is 1. The maximum absolute atomic E-state index is 13.1. The third-order valence-electron chi connectivity index (χ3n) is 5.38. The molecule has 0 amide bonds. The second-order valence-corrected chi connectivity index (χ2v) is 7.15. The highest BCUT2D eigenvalue weighted by atomic mass is 16.5. The van der Waals surface area contributed by atoms with Gasteiger partial charge in [-0.15, -0.1) is 0 Å². The Morgan fingerprint density at radius 1 is 0.920 bits per heavy atom. The minimum atomic E-state index is -0.368. The van der Waals surface area contributed by atoms with E-state index in [0.29, 0.717) is 12.1 Å². The molecule has 2 unspecified atom stereocenters. The number of carbonyl (C=O) groups is 1. The molecule has 3 rings (SSSR count). The van der Waals surface area contributed by atoms with Crippen LogP contribution in [0, 0.1) is 0 Å². The quantitative estimate of drug-likeness (QED) is 0.782. The second kappa shape index (κ2) is 7.83. The van der Waals surface area contributed by atoms with Gasteiger partial charge in [-0.05, 0) is 44.9 Å². The second-order valence-electron chi connectivity index (χ2n) is 7.15. The first-order chi connectivity index (χ1) is 12.1. The summed E-state index contributed by atoms with van der Waals surface area (Å²) >= 11 is 0. The lowest BCUT2D eigenvalue weighted by atomic mass is 9.91. The number of ether oxygens (including phenoxy) is 1. The van der Waals surface area contributed by atoms with Gasteiger partial charge in [0.15, 0.2) is 0 Å². The Morgan fingerprint density at radius 2 is 1.36 bits per heavy atom. The maximum Gasteiger partial charge on any atom is 0.318 e. The molecule has 1 aliphatic rings. The Hall–Kier alpha value is -2.13. The van der Waals surface area contributed by atoms with Crippen LogP contribution in [0.5, 0.6) is 0 Å². The summed E-state index contributed by atoms with van der Waals surface area (Å²) in [4.78, 5) is 15.4. The van der Waals surface area contributed by atoms with Crippen LogP contribution in [-0.4, -0.2) is 36.1 Å². The molecular weight excluding hydrogens is 310 g/mol. The number of benzene rings is 2. The minimum Gasteiger partial charge on any atom is -0.462 e. The summed E-state index contributed by atoms with van der Waals surface area (Å²) in [6.07, 6.45) is 1.77. The van der Waals surface area contributed by atoms with Crippen LogP contribution in [0.1, 0.15) is 43.7 Å². The van der Waals surface area contributed by atoms with E-state index in [1.807, 2.05) is 60.7 Å². The highest BCUT2D eigenvalue weighted by molar-refractivity contribution is 5.82. The Balaban J connectivity index is 1.81. The molecular formula is C22H27NO2. The molecule has 1 aliphatic heterocycles. The standard InChI is InChI=1S/C22H27NO2/c1-16-14-20(15-17(2)23(16)3)25-22(24)21(18-10-6-4-7-11-18)19-12-8-5-9-13-19/h4-13,16-17,20-21H,14-15H2,1-3H3. The lowest BCUT2D eigenvalue weighted by molar-refractivity contribution is -0.153. The van der Waals surface area contributed by atoms with E-state index in [1.54, 1.807) is 0 Å². The average molecular weight is 337 g/mol. The summed E-state index contributed by atoms with van der Waals surface area (Å²) in [7, 11) is 2.14. The molecule has 0 saturated carbocycles. The maximum atomic E-state index is 13.1. The van der Waals surface area contributed by atoms with Crippen molar-refractivity contribution in [2.24, 2.45) is 0 Å². The zero-order valence-electron chi connectivity index (χ0n) is 15.3. The Kier molecular flexibility index (Phi) is 5.54. The van der Waals surface area contributed by atoms with Gasteiger partial charge in [0.25, 0.3) is 0 Å². The van der Waals surface area contributed by atoms with Crippen LogP contribution in [0.25, 0.3) is 0 Å². The number of rotatable bonds is 4. The molecule has 132 valence electrons. The molecule has 0 aromatic heterocycles. The molecule has 1 saturated heterocycles. The minimum absolute atomic E-state index is 0.0105. The van der Waals surface area contributed by atoms with E-state index in [-0.39, 0.29) is 18.0 Å². The van der Waals surface area contributed by atoms with Gasteiger partial charge in [0.1, 0.15) is 12.0 Å². The Labute approximate surface area is 150 Å². The van der Waals surface area contributed by atoms with Gasteiger partial charge in [0.05, 0.1) is 0 Å². The number of piperidine rings is 1. The van der Waals surface area contributed by atoms with Crippen LogP contribution >= 0.6 is 0 Å². The third kappa shape index (κ3) is 4.10. The van der Waals surface area contributed by atoms with Gasteiger partial charge in [-0.2, -0.15) is 0 Å². The highest BCUT2D eigenvalue weighted by Crippen LogP contribution is 2.29. The fourth-order valence-electron chi connectivity index (χ4n) is 3.71. The first kappa shape index (κ1) is 17.7. The van der Waals surface area contributed by atoms with Gasteiger partial charge >= 0.3 is 5.97 Å². The molecule has 0 bridgehead atoms. The highest BCUT2D eigenvalue weighted by Gasteiger charge is 2.33. The van der Waals surface area contributed by atoms with E-state index in [1.165, 1.54) is 0 Å². The summed E-state index contributed by atoms with van der Waals surface area (Å²) in [5.74, 6) is -0.515. The van der Waals surface area contributed by atoms with Crippen LogP contribution in [0.4, 0.5) is 0 Å². The normalized spacial score (nSPS) is 24.2. The molecule has 0 spiro atoms. The van der Waals surface area contributed by atoms with E-state index < -0.39 is 0 Å². The molecule has 2 aromatic rings. The van der Waals surface area contributed by atoms with Gasteiger partial charge in [0.2, 0.25) is 0 Å². The van der Waals surface area contributed by atoms with Crippen molar-refractivity contribution in [1.82, 2.24) is 4.90 Å². The zero-order chi connectivity index (χ0) is 17.8. The van der Waals surface area contributed by atoms with Crippen molar-refractivity contribution >= 4 is 5.97 Å². The smallest absolute Gasteiger partial charge is 0.318 e. The van der Waals surface area contributed by atoms with Crippen molar-refractivity contribution < 1.29 is 9.53 Å². The predicted octanol–water partition coefficient (Wildman–Crippen LogP) is 4.23. The molecule has 0 N–H and O–H groups in total. The Morgan fingerprint density at radius 3 is 1.80 bits per heavy atom. The van der Waals surface area contributed by atoms with Crippen LogP contribution < -0.4 is 0 Å². The summed E-state index contributed by atoms with van der Waals surface area (Å²) in [5, 5.41) is 0. The van der Waals surface area contributed by atoms with E-state index in [2.05, 4.69) is 25.8 Å². The van der Waals surface area contributed by atoms with Crippen molar-refractivity contribution in [3.8, 4) is 0 Å². The molecule has 1 heterocycles. The fourth-order valence-corrected chi connectivity index (χ4v) is 3.71. The van der Waals surface area contributed by atoms with Crippen molar-refractivity contribution in [3.63, 3.8) is 0 Å². The molecule has 25 heavy (non-hydrogen) atoms. The van der Waals surface area contributed by atoms with Gasteiger partial charge < -0.3 is 9.64 Å². The van der Waals surface area contributed by atoms with E-state index >= 15 is 0 Å². The van der Waals surface area contributed by atoms with Gasteiger partial charge in [-0.25, -0.2) is 0 Å². The fraction of sp³-hybridized carbons (Fsp3) is 0.409. The first-order valence-electron chi connectivity index (χ1n) is 9.08. The monoisotopic (exact) mass is 337 g/mol. The van der Waals surface area contributed by atoms with Crippen molar-refractivity contribution in [1.29, 1.82) is 0 Å². The number of nitrogens with zero attached hydrogens (tertiary/aromatic N) is 1. The molecule has 0 radical (unpaired) electrons. The van der Waals surface area contributed by atoms with E-state index in [9.17, 15) is 4.79 Å². The number of hydrogen-bond donors (Lipinski definition) is 0. The summed E-state index contributed by atoms with van der Waals surface area (Å²) in [6.45, 7) is 4.39. The van der Waals surface area contributed by atoms with Crippen LogP contribution in [0.3, 0.4) is 0 Å². The predicted molar refractivity (Wildman–Crippen MR) is 101 cm³/mol. The van der Waals surface area contributed by atoms with Gasteiger partial charge in [0, 0.05) is 12.1 Å². The zero-order valence-corrected chi connectivity index (χ0v) is 15.3.